The molecule has 0 saturated heterocycles. The number of nitrogen functional groups attached to an aromatic ring is 1. The van der Waals surface area contributed by atoms with Crippen LogP contribution in [0.1, 0.15) is 5.56 Å². The topological polar surface area (TPSA) is 64.9 Å². The van der Waals surface area contributed by atoms with Crippen LogP contribution in [0.3, 0.4) is 0 Å². The van der Waals surface area contributed by atoms with E-state index in [-0.39, 0.29) is 0 Å². The molecule has 0 aliphatic rings. The van der Waals surface area contributed by atoms with Crippen LogP contribution in [0.15, 0.2) is 39.6 Å². The van der Waals surface area contributed by atoms with E-state index in [2.05, 4.69) is 9.97 Å². The number of nitrogens with two attached hydrogens (primary N) is 1. The summed E-state index contributed by atoms with van der Waals surface area (Å²) in [5, 5.41) is 3.61. The minimum Gasteiger partial charge on any atom is -0.472 e. The van der Waals surface area contributed by atoms with E-state index in [1.807, 2.05) is 17.5 Å². The van der Waals surface area contributed by atoms with Crippen LogP contribution in [0.25, 0.3) is 10.2 Å². The third-order valence-electron chi connectivity index (χ3n) is 2.28. The molecule has 3 aromatic heterocycles. The van der Waals surface area contributed by atoms with Crippen molar-refractivity contribution in [2.45, 2.75) is 10.9 Å². The number of aromatic nitrogens is 2. The Hall–Kier alpha value is -1.53. The molecule has 0 spiro atoms. The van der Waals surface area contributed by atoms with Crippen molar-refractivity contribution in [1.29, 1.82) is 0 Å². The maximum Gasteiger partial charge on any atom is 0.191 e. The molecule has 2 N–H and O–H groups in total. The largest absolute Gasteiger partial charge is 0.472 e. The molecule has 0 bridgehead atoms. The van der Waals surface area contributed by atoms with Crippen molar-refractivity contribution < 1.29 is 4.42 Å². The molecule has 0 aliphatic carbocycles. The summed E-state index contributed by atoms with van der Waals surface area (Å²) in [5.74, 6) is 1.33. The van der Waals surface area contributed by atoms with Gasteiger partial charge in [-0.15, -0.1) is 11.3 Å². The van der Waals surface area contributed by atoms with Gasteiger partial charge in [-0.2, -0.15) is 0 Å². The Morgan fingerprint density at radius 2 is 2.29 bits per heavy atom. The highest BCUT2D eigenvalue weighted by Crippen LogP contribution is 2.27. The minimum atomic E-state index is 0.547. The van der Waals surface area contributed by atoms with E-state index in [1.165, 1.54) is 0 Å². The zero-order valence-corrected chi connectivity index (χ0v) is 10.4. The van der Waals surface area contributed by atoms with Gasteiger partial charge in [0.2, 0.25) is 0 Å². The molecule has 0 amide bonds. The second-order valence-corrected chi connectivity index (χ2v) is 5.29. The number of thiophene rings is 1. The SMILES string of the molecule is Nc1nc(SCc2ccoc2)nc2sccc12. The van der Waals surface area contributed by atoms with Gasteiger partial charge in [-0.25, -0.2) is 9.97 Å². The first-order chi connectivity index (χ1) is 8.33. The number of furan rings is 1. The van der Waals surface area contributed by atoms with Gasteiger partial charge in [0.05, 0.1) is 17.9 Å². The first-order valence-corrected chi connectivity index (χ1v) is 6.84. The first-order valence-electron chi connectivity index (χ1n) is 4.97. The molecule has 3 heterocycles. The fraction of sp³-hybridized carbons (Fsp3) is 0.0909. The van der Waals surface area contributed by atoms with Gasteiger partial charge in [0.25, 0.3) is 0 Å². The molecule has 3 aromatic rings. The minimum absolute atomic E-state index is 0.547. The molecule has 0 fully saturated rings. The summed E-state index contributed by atoms with van der Waals surface area (Å²) in [6, 6.07) is 3.87. The third-order valence-corrected chi connectivity index (χ3v) is 4.01. The number of anilines is 1. The van der Waals surface area contributed by atoms with Gasteiger partial charge < -0.3 is 10.2 Å². The molecule has 0 aliphatic heterocycles. The zero-order valence-electron chi connectivity index (χ0n) is 8.79. The molecule has 0 saturated carbocycles. The van der Waals surface area contributed by atoms with Crippen LogP contribution in [0.5, 0.6) is 0 Å². The Labute approximate surface area is 106 Å². The highest BCUT2D eigenvalue weighted by molar-refractivity contribution is 7.98. The van der Waals surface area contributed by atoms with Gasteiger partial charge in [0.15, 0.2) is 5.16 Å². The lowest BCUT2D eigenvalue weighted by Gasteiger charge is -2.00. The summed E-state index contributed by atoms with van der Waals surface area (Å²) >= 11 is 3.13. The van der Waals surface area contributed by atoms with E-state index in [0.717, 1.165) is 21.5 Å². The highest BCUT2D eigenvalue weighted by atomic mass is 32.2. The molecule has 0 aromatic carbocycles. The smallest absolute Gasteiger partial charge is 0.191 e. The van der Waals surface area contributed by atoms with Crippen LogP contribution < -0.4 is 5.73 Å². The van der Waals surface area contributed by atoms with Crippen molar-refractivity contribution in [1.82, 2.24) is 9.97 Å². The molecule has 3 rings (SSSR count). The summed E-state index contributed by atoms with van der Waals surface area (Å²) in [4.78, 5) is 9.67. The molecular weight excluding hydrogens is 254 g/mol. The fourth-order valence-corrected chi connectivity index (χ4v) is 3.05. The summed E-state index contributed by atoms with van der Waals surface area (Å²) < 4.78 is 5.01. The lowest BCUT2D eigenvalue weighted by atomic mass is 10.4. The zero-order chi connectivity index (χ0) is 11.7. The molecule has 86 valence electrons. The first kappa shape index (κ1) is 10.6. The van der Waals surface area contributed by atoms with Crippen molar-refractivity contribution in [3.63, 3.8) is 0 Å². The number of thioether (sulfide) groups is 1. The number of fused-ring (bicyclic) bond motifs is 1. The quantitative estimate of drug-likeness (QED) is 0.581. The van der Waals surface area contributed by atoms with Crippen LogP contribution in [-0.4, -0.2) is 9.97 Å². The van der Waals surface area contributed by atoms with E-state index >= 15 is 0 Å². The normalized spacial score (nSPS) is 11.1. The van der Waals surface area contributed by atoms with Crippen LogP contribution in [0.2, 0.25) is 0 Å². The Bertz CT molecular complexity index is 633. The maximum absolute atomic E-state index is 5.87. The number of hydrogen-bond acceptors (Lipinski definition) is 6. The average molecular weight is 263 g/mol. The predicted molar refractivity (Wildman–Crippen MR) is 70.1 cm³/mol. The third kappa shape index (κ3) is 2.13. The maximum atomic E-state index is 5.87. The van der Waals surface area contributed by atoms with Crippen molar-refractivity contribution in [3.8, 4) is 0 Å². The van der Waals surface area contributed by atoms with Gasteiger partial charge >= 0.3 is 0 Å². The summed E-state index contributed by atoms with van der Waals surface area (Å²) in [5.41, 5.74) is 6.99. The Kier molecular flexibility index (Phi) is 2.74. The predicted octanol–water partition coefficient (Wildman–Crippen LogP) is 3.16. The fourth-order valence-electron chi connectivity index (χ4n) is 1.45. The van der Waals surface area contributed by atoms with Crippen LogP contribution in [0.4, 0.5) is 5.82 Å². The van der Waals surface area contributed by atoms with E-state index in [0.29, 0.717) is 11.0 Å². The monoisotopic (exact) mass is 263 g/mol. The molecule has 17 heavy (non-hydrogen) atoms. The van der Waals surface area contributed by atoms with E-state index in [9.17, 15) is 0 Å². The lowest BCUT2D eigenvalue weighted by Crippen LogP contribution is -1.95. The van der Waals surface area contributed by atoms with Crippen molar-refractivity contribution in [2.75, 3.05) is 5.73 Å². The van der Waals surface area contributed by atoms with Crippen molar-refractivity contribution >= 4 is 39.1 Å². The Morgan fingerprint density at radius 3 is 3.12 bits per heavy atom. The van der Waals surface area contributed by atoms with Crippen LogP contribution in [0, 0.1) is 0 Å². The highest BCUT2D eigenvalue weighted by Gasteiger charge is 2.07. The second-order valence-electron chi connectivity index (χ2n) is 3.45. The summed E-state index contributed by atoms with van der Waals surface area (Å²) in [6.07, 6.45) is 3.38. The van der Waals surface area contributed by atoms with Gasteiger partial charge in [-0.1, -0.05) is 11.8 Å². The van der Waals surface area contributed by atoms with Crippen molar-refractivity contribution in [2.24, 2.45) is 0 Å². The Morgan fingerprint density at radius 1 is 1.35 bits per heavy atom. The lowest BCUT2D eigenvalue weighted by molar-refractivity contribution is 0.565. The molecule has 6 heteroatoms. The van der Waals surface area contributed by atoms with E-state index in [1.54, 1.807) is 35.6 Å². The van der Waals surface area contributed by atoms with E-state index < -0.39 is 0 Å². The van der Waals surface area contributed by atoms with Crippen molar-refractivity contribution in [3.05, 3.63) is 35.6 Å². The number of nitrogens with zero attached hydrogens (tertiary/aromatic N) is 2. The Balaban J connectivity index is 1.85. The van der Waals surface area contributed by atoms with Crippen LogP contribution >= 0.6 is 23.1 Å². The molecular formula is C11H9N3OS2. The van der Waals surface area contributed by atoms with Gasteiger partial charge in [-0.3, -0.25) is 0 Å². The van der Waals surface area contributed by atoms with Gasteiger partial charge in [0, 0.05) is 11.3 Å². The number of hydrogen-bond donors (Lipinski definition) is 1. The van der Waals surface area contributed by atoms with E-state index in [4.69, 9.17) is 10.2 Å². The molecule has 0 unspecified atom stereocenters. The van der Waals surface area contributed by atoms with Crippen LogP contribution in [-0.2, 0) is 5.75 Å². The second kappa shape index (κ2) is 4.38. The summed E-state index contributed by atoms with van der Waals surface area (Å²) in [7, 11) is 0. The molecule has 4 nitrogen and oxygen atoms in total. The average Bonchev–Trinajstić information content (AvgIpc) is 2.97. The molecule has 0 atom stereocenters. The molecule has 0 radical (unpaired) electrons. The van der Waals surface area contributed by atoms with Gasteiger partial charge in [0.1, 0.15) is 10.6 Å². The van der Waals surface area contributed by atoms with Gasteiger partial charge in [-0.05, 0) is 17.5 Å². The summed E-state index contributed by atoms with van der Waals surface area (Å²) in [6.45, 7) is 0. The number of rotatable bonds is 3. The standard InChI is InChI=1S/C11H9N3OS2/c12-9-8-2-4-16-10(8)14-11(13-9)17-6-7-1-3-15-5-7/h1-5H,6H2,(H2,12,13,14).